The molecule has 0 aromatic heterocycles. The molecule has 77 heavy (non-hydrogen) atoms. The molecule has 0 amide bonds. The first-order chi connectivity index (χ1) is 37.5. The second-order valence-corrected chi connectivity index (χ2v) is 24.2. The highest BCUT2D eigenvalue weighted by atomic mass is 31.2. The molecule has 0 heterocycles. The lowest BCUT2D eigenvalue weighted by Crippen LogP contribution is -2.37. The number of nitrogens with zero attached hydrogens (tertiary/aromatic N) is 1. The number of quaternary nitrogens is 1. The van der Waals surface area contributed by atoms with Crippen molar-refractivity contribution in [2.24, 2.45) is 0 Å². The largest absolute Gasteiger partial charge is 0.756 e. The van der Waals surface area contributed by atoms with Crippen LogP contribution >= 0.6 is 7.82 Å². The summed E-state index contributed by atoms with van der Waals surface area (Å²) < 4.78 is 34.2. The summed E-state index contributed by atoms with van der Waals surface area (Å²) in [5, 5.41) is 0. The highest BCUT2D eigenvalue weighted by molar-refractivity contribution is 7.45. The monoisotopic (exact) mass is 1100 g/mol. The molecule has 2 unspecified atom stereocenters. The van der Waals surface area contributed by atoms with Gasteiger partial charge in [0.1, 0.15) is 19.8 Å². The zero-order valence-electron chi connectivity index (χ0n) is 50.9. The molecule has 2 atom stereocenters. The van der Waals surface area contributed by atoms with Gasteiger partial charge in [-0.15, -0.1) is 0 Å². The summed E-state index contributed by atoms with van der Waals surface area (Å²) >= 11 is 0. The van der Waals surface area contributed by atoms with Crippen LogP contribution in [0.1, 0.15) is 290 Å². The van der Waals surface area contributed by atoms with Crippen molar-refractivity contribution in [1.82, 2.24) is 0 Å². The lowest BCUT2D eigenvalue weighted by Gasteiger charge is -2.28. The molecule has 9 nitrogen and oxygen atoms in total. The predicted octanol–water partition coefficient (Wildman–Crippen LogP) is 19.8. The molecule has 0 aliphatic carbocycles. The Morgan fingerprint density at radius 1 is 0.416 bits per heavy atom. The number of carbonyl (C=O) groups is 2. The van der Waals surface area contributed by atoms with Crippen LogP contribution in [-0.2, 0) is 32.7 Å². The van der Waals surface area contributed by atoms with Crippen molar-refractivity contribution < 1.29 is 42.1 Å². The molecular formula is C67H122NO8P. The van der Waals surface area contributed by atoms with Gasteiger partial charge in [-0.3, -0.25) is 14.2 Å². The van der Waals surface area contributed by atoms with Crippen LogP contribution in [0, 0.1) is 0 Å². The molecule has 0 spiro atoms. The zero-order chi connectivity index (χ0) is 56.3. The van der Waals surface area contributed by atoms with Gasteiger partial charge >= 0.3 is 11.9 Å². The second-order valence-electron chi connectivity index (χ2n) is 22.8. The molecule has 0 rings (SSSR count). The number of hydrogen-bond acceptors (Lipinski definition) is 8. The Morgan fingerprint density at radius 2 is 0.740 bits per heavy atom. The minimum atomic E-state index is -4.65. The Labute approximate surface area is 476 Å². The number of carbonyl (C=O) groups excluding carboxylic acids is 2. The van der Waals surface area contributed by atoms with Gasteiger partial charge in [0.05, 0.1) is 27.7 Å². The lowest BCUT2D eigenvalue weighted by molar-refractivity contribution is -0.870. The van der Waals surface area contributed by atoms with E-state index in [-0.39, 0.29) is 32.0 Å². The molecule has 448 valence electrons. The Balaban J connectivity index is 4.10. The standard InChI is InChI=1S/C67H122NO8P/c1-6-8-10-12-14-16-18-20-22-24-26-28-30-31-32-33-34-35-36-38-39-41-43-45-47-49-51-53-55-57-59-66(69)73-63-65(64-75-77(71,72)74-62-61-68(3,4)5)76-67(70)60-58-56-54-52-50-48-46-44-42-40-37-29-27-25-23-21-19-17-15-13-11-9-7-2/h9,11,15,17,21,23,27,29,40,42,46,48,65H,6-8,10,12-14,16,18-20,22,24-26,28,30-39,41,43-45,47,49-64H2,1-5H3/b11-9-,17-15-,23-21-,29-27-,42-40-,48-46-. The smallest absolute Gasteiger partial charge is 0.306 e. The first kappa shape index (κ1) is 74.5. The predicted molar refractivity (Wildman–Crippen MR) is 328 cm³/mol. The third-order valence-corrected chi connectivity index (χ3v) is 15.0. The average molecular weight is 1100 g/mol. The SMILES string of the molecule is CC/C=C\C/C=C\C/C=C\C/C=C\C/C=C\C/C=C\CCCCCCC(=O)OC(COC(=O)CCCCCCCCCCCCCCCCCCCCCCCCCCCCCCCC)COP(=O)([O-])OCC[N+](C)(C)C. The number of phosphoric ester groups is 1. The number of phosphoric acid groups is 1. The van der Waals surface area contributed by atoms with Gasteiger partial charge in [-0.1, -0.05) is 286 Å². The molecule has 0 N–H and O–H groups in total. The van der Waals surface area contributed by atoms with Gasteiger partial charge in [0.25, 0.3) is 7.82 Å². The summed E-state index contributed by atoms with van der Waals surface area (Å²) in [7, 11) is 1.15. The molecule has 0 bridgehead atoms. The van der Waals surface area contributed by atoms with Crippen molar-refractivity contribution in [3.05, 3.63) is 72.9 Å². The molecule has 0 aliphatic heterocycles. The first-order valence-corrected chi connectivity index (χ1v) is 33.6. The number of unbranched alkanes of at least 4 members (excludes halogenated alkanes) is 33. The number of ether oxygens (including phenoxy) is 2. The van der Waals surface area contributed by atoms with E-state index in [0.717, 1.165) is 83.5 Å². The molecule has 0 radical (unpaired) electrons. The van der Waals surface area contributed by atoms with Crippen molar-refractivity contribution in [1.29, 1.82) is 0 Å². The van der Waals surface area contributed by atoms with Crippen LogP contribution in [0.2, 0.25) is 0 Å². The van der Waals surface area contributed by atoms with Crippen LogP contribution in [0.25, 0.3) is 0 Å². The maximum absolute atomic E-state index is 12.8. The van der Waals surface area contributed by atoms with Crippen molar-refractivity contribution >= 4 is 19.8 Å². The summed E-state index contributed by atoms with van der Waals surface area (Å²) in [6.45, 7) is 4.13. The fourth-order valence-corrected chi connectivity index (χ4v) is 9.80. The maximum Gasteiger partial charge on any atom is 0.306 e. The van der Waals surface area contributed by atoms with Crippen LogP contribution in [0.3, 0.4) is 0 Å². The average Bonchev–Trinajstić information content (AvgIpc) is 3.39. The quantitative estimate of drug-likeness (QED) is 0.0195. The van der Waals surface area contributed by atoms with Crippen molar-refractivity contribution in [2.45, 2.75) is 296 Å². The Morgan fingerprint density at radius 3 is 1.10 bits per heavy atom. The molecule has 0 saturated heterocycles. The number of allylic oxidation sites excluding steroid dienone is 12. The Hall–Kier alpha value is -2.55. The molecular weight excluding hydrogens is 978 g/mol. The Bertz CT molecular complexity index is 1530. The van der Waals surface area contributed by atoms with Crippen molar-refractivity contribution in [3.63, 3.8) is 0 Å². The van der Waals surface area contributed by atoms with Crippen molar-refractivity contribution in [3.8, 4) is 0 Å². The third-order valence-electron chi connectivity index (χ3n) is 14.0. The summed E-state index contributed by atoms with van der Waals surface area (Å²) in [4.78, 5) is 38.0. The number of rotatable bonds is 59. The number of likely N-dealkylation sites (N-methyl/N-ethyl adjacent to an activating group) is 1. The van der Waals surface area contributed by atoms with Crippen LogP contribution in [-0.4, -0.2) is 70.0 Å². The minimum absolute atomic E-state index is 0.0382. The van der Waals surface area contributed by atoms with E-state index < -0.39 is 26.5 Å². The highest BCUT2D eigenvalue weighted by Crippen LogP contribution is 2.38. The highest BCUT2D eigenvalue weighted by Gasteiger charge is 2.22. The van der Waals surface area contributed by atoms with Crippen LogP contribution in [0.5, 0.6) is 0 Å². The molecule has 0 aliphatic rings. The van der Waals surface area contributed by atoms with E-state index in [1.807, 2.05) is 21.1 Å². The van der Waals surface area contributed by atoms with E-state index in [2.05, 4.69) is 86.8 Å². The fraction of sp³-hybridized carbons (Fsp3) is 0.791. The van der Waals surface area contributed by atoms with Gasteiger partial charge in [0.15, 0.2) is 6.10 Å². The van der Waals surface area contributed by atoms with E-state index in [4.69, 9.17) is 18.5 Å². The van der Waals surface area contributed by atoms with Gasteiger partial charge in [0.2, 0.25) is 0 Å². The molecule has 0 fully saturated rings. The van der Waals surface area contributed by atoms with Crippen LogP contribution < -0.4 is 4.89 Å². The van der Waals surface area contributed by atoms with Crippen molar-refractivity contribution in [2.75, 3.05) is 47.5 Å². The summed E-state index contributed by atoms with van der Waals surface area (Å²) in [5.41, 5.74) is 0. The van der Waals surface area contributed by atoms with Gasteiger partial charge in [0, 0.05) is 12.8 Å². The zero-order valence-corrected chi connectivity index (χ0v) is 51.8. The maximum atomic E-state index is 12.8. The second kappa shape index (κ2) is 58.1. The summed E-state index contributed by atoms with van der Waals surface area (Å²) in [6.07, 6.45) is 76.9. The molecule has 0 aromatic carbocycles. The van der Waals surface area contributed by atoms with E-state index >= 15 is 0 Å². The third kappa shape index (κ3) is 62.5. The topological polar surface area (TPSA) is 111 Å². The van der Waals surface area contributed by atoms with E-state index in [1.54, 1.807) is 0 Å². The summed E-state index contributed by atoms with van der Waals surface area (Å²) in [5.74, 6) is -0.855. The molecule has 10 heteroatoms. The first-order valence-electron chi connectivity index (χ1n) is 32.1. The van der Waals surface area contributed by atoms with Gasteiger partial charge in [-0.25, -0.2) is 0 Å². The van der Waals surface area contributed by atoms with Gasteiger partial charge in [-0.2, -0.15) is 0 Å². The van der Waals surface area contributed by atoms with Crippen LogP contribution in [0.15, 0.2) is 72.9 Å². The molecule has 0 aromatic rings. The minimum Gasteiger partial charge on any atom is -0.756 e. The molecule has 0 saturated carbocycles. The van der Waals surface area contributed by atoms with Gasteiger partial charge in [-0.05, 0) is 64.2 Å². The Kier molecular flexibility index (Phi) is 56.2. The van der Waals surface area contributed by atoms with E-state index in [9.17, 15) is 19.0 Å². The van der Waals surface area contributed by atoms with E-state index in [0.29, 0.717) is 17.4 Å². The van der Waals surface area contributed by atoms with Gasteiger partial charge < -0.3 is 27.9 Å². The summed E-state index contributed by atoms with van der Waals surface area (Å²) in [6, 6.07) is 0. The lowest BCUT2D eigenvalue weighted by atomic mass is 10.0. The fourth-order valence-electron chi connectivity index (χ4n) is 9.07. The number of hydrogen-bond donors (Lipinski definition) is 0. The van der Waals surface area contributed by atoms with E-state index in [1.165, 1.54) is 173 Å². The van der Waals surface area contributed by atoms with Crippen LogP contribution in [0.4, 0.5) is 0 Å². The number of esters is 2. The normalized spacial score (nSPS) is 13.7.